The summed E-state index contributed by atoms with van der Waals surface area (Å²) in [5, 5.41) is 3.27. The van der Waals surface area contributed by atoms with E-state index in [9.17, 15) is 0 Å². The highest BCUT2D eigenvalue weighted by molar-refractivity contribution is 5.42. The van der Waals surface area contributed by atoms with Crippen LogP contribution in [0.25, 0.3) is 6.08 Å². The van der Waals surface area contributed by atoms with Gasteiger partial charge in [-0.3, -0.25) is 0 Å². The molecule has 0 bridgehead atoms. The molecule has 1 aromatic rings. The molecule has 0 aliphatic rings. The molecular formula is C10H15NO. The molecule has 0 aliphatic heterocycles. The fourth-order valence-corrected chi connectivity index (χ4v) is 0.923. The van der Waals surface area contributed by atoms with Gasteiger partial charge >= 0.3 is 0 Å². The maximum Gasteiger partial charge on any atom is 0.126 e. The average molecular weight is 165 g/mol. The first-order valence-electron chi connectivity index (χ1n) is 4.34. The largest absolute Gasteiger partial charge is 0.465 e. The minimum atomic E-state index is 0.910. The van der Waals surface area contributed by atoms with Gasteiger partial charge in [-0.15, -0.1) is 0 Å². The summed E-state index contributed by atoms with van der Waals surface area (Å²) in [6, 6.07) is 3.83. The molecule has 0 spiro atoms. The molecule has 0 radical (unpaired) electrons. The normalized spacial score (nSPS) is 11.1. The summed E-state index contributed by atoms with van der Waals surface area (Å²) in [5.41, 5.74) is 0. The van der Waals surface area contributed by atoms with Gasteiger partial charge < -0.3 is 9.73 Å². The number of nitrogens with one attached hydrogen (secondary N) is 1. The van der Waals surface area contributed by atoms with Crippen LogP contribution >= 0.6 is 0 Å². The van der Waals surface area contributed by atoms with Crippen molar-refractivity contribution in [1.29, 1.82) is 0 Å². The number of hydrogen-bond acceptors (Lipinski definition) is 2. The monoisotopic (exact) mass is 165 g/mol. The third kappa shape index (κ3) is 3.39. The van der Waals surface area contributed by atoms with Gasteiger partial charge in [0.2, 0.25) is 0 Å². The van der Waals surface area contributed by atoms with E-state index in [2.05, 4.69) is 18.3 Å². The maximum atomic E-state index is 5.13. The van der Waals surface area contributed by atoms with Crippen LogP contribution in [0.1, 0.15) is 19.1 Å². The van der Waals surface area contributed by atoms with E-state index in [1.165, 1.54) is 6.42 Å². The Morgan fingerprint density at radius 2 is 2.50 bits per heavy atom. The first kappa shape index (κ1) is 9.07. The maximum absolute atomic E-state index is 5.13. The lowest BCUT2D eigenvalue weighted by Crippen LogP contribution is -2.13. The SMILES string of the molecule is CCCNCC=Cc1ccco1. The third-order valence-electron chi connectivity index (χ3n) is 1.51. The number of furan rings is 1. The zero-order chi connectivity index (χ0) is 8.65. The molecule has 0 saturated heterocycles. The highest BCUT2D eigenvalue weighted by Gasteiger charge is 1.85. The molecule has 12 heavy (non-hydrogen) atoms. The minimum Gasteiger partial charge on any atom is -0.465 e. The van der Waals surface area contributed by atoms with Gasteiger partial charge in [-0.2, -0.15) is 0 Å². The summed E-state index contributed by atoms with van der Waals surface area (Å²) in [4.78, 5) is 0. The molecule has 66 valence electrons. The molecule has 2 heteroatoms. The van der Waals surface area contributed by atoms with Gasteiger partial charge in [0, 0.05) is 6.54 Å². The smallest absolute Gasteiger partial charge is 0.126 e. The van der Waals surface area contributed by atoms with Crippen molar-refractivity contribution in [3.8, 4) is 0 Å². The average Bonchev–Trinajstić information content (AvgIpc) is 2.57. The summed E-state index contributed by atoms with van der Waals surface area (Å²) in [6.45, 7) is 4.14. The molecule has 0 aromatic carbocycles. The van der Waals surface area contributed by atoms with E-state index >= 15 is 0 Å². The van der Waals surface area contributed by atoms with Gasteiger partial charge in [0.15, 0.2) is 0 Å². The van der Waals surface area contributed by atoms with Crippen LogP contribution in [0.5, 0.6) is 0 Å². The van der Waals surface area contributed by atoms with Gasteiger partial charge in [0.05, 0.1) is 6.26 Å². The predicted molar refractivity (Wildman–Crippen MR) is 50.9 cm³/mol. The molecule has 1 aromatic heterocycles. The van der Waals surface area contributed by atoms with Gasteiger partial charge in [-0.25, -0.2) is 0 Å². The lowest BCUT2D eigenvalue weighted by Gasteiger charge is -1.94. The highest BCUT2D eigenvalue weighted by Crippen LogP contribution is 2.00. The zero-order valence-electron chi connectivity index (χ0n) is 7.42. The lowest BCUT2D eigenvalue weighted by molar-refractivity contribution is 0.556. The van der Waals surface area contributed by atoms with Crippen LogP contribution < -0.4 is 5.32 Å². The number of hydrogen-bond donors (Lipinski definition) is 1. The standard InChI is InChI=1S/C10H15NO/c1-2-7-11-8-3-5-10-6-4-9-12-10/h3-6,9,11H,2,7-8H2,1H3. The summed E-state index contributed by atoms with van der Waals surface area (Å²) < 4.78 is 5.13. The van der Waals surface area contributed by atoms with Crippen molar-refractivity contribution >= 4 is 6.08 Å². The van der Waals surface area contributed by atoms with Gasteiger partial charge in [0.1, 0.15) is 5.76 Å². The Morgan fingerprint density at radius 1 is 1.58 bits per heavy atom. The third-order valence-corrected chi connectivity index (χ3v) is 1.51. The molecule has 0 saturated carbocycles. The Labute approximate surface area is 73.3 Å². The van der Waals surface area contributed by atoms with E-state index in [1.807, 2.05) is 18.2 Å². The van der Waals surface area contributed by atoms with Crippen LogP contribution in [0.3, 0.4) is 0 Å². The van der Waals surface area contributed by atoms with E-state index in [0.717, 1.165) is 18.8 Å². The molecule has 0 atom stereocenters. The predicted octanol–water partition coefficient (Wildman–Crippen LogP) is 2.29. The van der Waals surface area contributed by atoms with E-state index in [0.29, 0.717) is 0 Å². The first-order valence-corrected chi connectivity index (χ1v) is 4.34. The van der Waals surface area contributed by atoms with Crippen molar-refractivity contribution in [2.45, 2.75) is 13.3 Å². The van der Waals surface area contributed by atoms with Crippen molar-refractivity contribution in [1.82, 2.24) is 5.32 Å². The fourth-order valence-electron chi connectivity index (χ4n) is 0.923. The molecule has 1 heterocycles. The van der Waals surface area contributed by atoms with Crippen LogP contribution in [0, 0.1) is 0 Å². The number of rotatable bonds is 5. The first-order chi connectivity index (χ1) is 5.93. The molecule has 1 N–H and O–H groups in total. The van der Waals surface area contributed by atoms with E-state index in [1.54, 1.807) is 6.26 Å². The summed E-state index contributed by atoms with van der Waals surface area (Å²) in [6.07, 6.45) is 6.89. The Bertz CT molecular complexity index is 214. The quantitative estimate of drug-likeness (QED) is 0.677. The van der Waals surface area contributed by atoms with Crippen molar-refractivity contribution < 1.29 is 4.42 Å². The summed E-state index contributed by atoms with van der Waals surface area (Å²) in [7, 11) is 0. The van der Waals surface area contributed by atoms with Crippen LogP contribution in [0.2, 0.25) is 0 Å². The molecule has 0 unspecified atom stereocenters. The minimum absolute atomic E-state index is 0.910. The molecule has 0 fully saturated rings. The van der Waals surface area contributed by atoms with Gasteiger partial charge in [-0.1, -0.05) is 13.0 Å². The summed E-state index contributed by atoms with van der Waals surface area (Å²) in [5.74, 6) is 0.910. The second-order valence-corrected chi connectivity index (χ2v) is 2.62. The molecule has 0 aliphatic carbocycles. The second kappa shape index (κ2) is 5.61. The van der Waals surface area contributed by atoms with Crippen LogP contribution in [0.4, 0.5) is 0 Å². The topological polar surface area (TPSA) is 25.2 Å². The van der Waals surface area contributed by atoms with Crippen LogP contribution in [-0.2, 0) is 0 Å². The van der Waals surface area contributed by atoms with Crippen molar-refractivity contribution in [3.63, 3.8) is 0 Å². The molecule has 0 amide bonds. The fraction of sp³-hybridized carbons (Fsp3) is 0.400. The molecular weight excluding hydrogens is 150 g/mol. The highest BCUT2D eigenvalue weighted by atomic mass is 16.3. The Morgan fingerprint density at radius 3 is 3.17 bits per heavy atom. The molecule has 2 nitrogen and oxygen atoms in total. The van der Waals surface area contributed by atoms with E-state index < -0.39 is 0 Å². The summed E-state index contributed by atoms with van der Waals surface area (Å²) >= 11 is 0. The van der Waals surface area contributed by atoms with Crippen molar-refractivity contribution in [2.24, 2.45) is 0 Å². The van der Waals surface area contributed by atoms with Gasteiger partial charge in [0.25, 0.3) is 0 Å². The Hall–Kier alpha value is -1.02. The lowest BCUT2D eigenvalue weighted by atomic mass is 10.4. The van der Waals surface area contributed by atoms with Crippen molar-refractivity contribution in [3.05, 3.63) is 30.2 Å². The molecule has 1 rings (SSSR count). The second-order valence-electron chi connectivity index (χ2n) is 2.62. The van der Waals surface area contributed by atoms with Crippen LogP contribution in [-0.4, -0.2) is 13.1 Å². The van der Waals surface area contributed by atoms with E-state index in [4.69, 9.17) is 4.42 Å². The Balaban J connectivity index is 2.14. The van der Waals surface area contributed by atoms with E-state index in [-0.39, 0.29) is 0 Å². The Kier molecular flexibility index (Phi) is 4.24. The van der Waals surface area contributed by atoms with Gasteiger partial charge in [-0.05, 0) is 31.2 Å². The zero-order valence-corrected chi connectivity index (χ0v) is 7.42. The van der Waals surface area contributed by atoms with Crippen LogP contribution in [0.15, 0.2) is 28.9 Å². The van der Waals surface area contributed by atoms with Crippen molar-refractivity contribution in [2.75, 3.05) is 13.1 Å².